The Labute approximate surface area is 181 Å². The van der Waals surface area contributed by atoms with Crippen LogP contribution in [0.2, 0.25) is 0 Å². The van der Waals surface area contributed by atoms with Crippen LogP contribution < -0.4 is 0 Å². The monoisotopic (exact) mass is 409 g/mol. The van der Waals surface area contributed by atoms with Crippen LogP contribution in [-0.4, -0.2) is 39.6 Å². The Kier molecular flexibility index (Phi) is 6.21. The molecule has 1 aromatic heterocycles. The first-order valence-corrected chi connectivity index (χ1v) is 10.3. The van der Waals surface area contributed by atoms with E-state index in [4.69, 9.17) is 0 Å². The number of amides is 1. The summed E-state index contributed by atoms with van der Waals surface area (Å²) in [5.41, 5.74) is 3.77. The summed E-state index contributed by atoms with van der Waals surface area (Å²) in [7, 11) is 0. The van der Waals surface area contributed by atoms with Crippen LogP contribution in [0.25, 0.3) is 12.2 Å². The summed E-state index contributed by atoms with van der Waals surface area (Å²) in [6.45, 7) is -0.188. The molecule has 5 nitrogen and oxygen atoms in total. The van der Waals surface area contributed by atoms with Gasteiger partial charge in [-0.2, -0.15) is 5.26 Å². The van der Waals surface area contributed by atoms with Crippen molar-refractivity contribution in [3.8, 4) is 6.07 Å². The van der Waals surface area contributed by atoms with Gasteiger partial charge >= 0.3 is 0 Å². The van der Waals surface area contributed by atoms with Crippen LogP contribution in [0.4, 0.5) is 0 Å². The maximum Gasteiger partial charge on any atom is 0.230 e. The van der Waals surface area contributed by atoms with Gasteiger partial charge in [0, 0.05) is 17.8 Å². The van der Waals surface area contributed by atoms with E-state index >= 15 is 0 Å². The topological polar surface area (TPSA) is 77.2 Å². The van der Waals surface area contributed by atoms with Crippen LogP contribution in [0, 0.1) is 11.3 Å². The molecular weight excluding hydrogens is 386 g/mol. The molecule has 1 saturated heterocycles. The summed E-state index contributed by atoms with van der Waals surface area (Å²) in [4.78, 5) is 18.5. The van der Waals surface area contributed by atoms with Crippen molar-refractivity contribution < 1.29 is 9.90 Å². The summed E-state index contributed by atoms with van der Waals surface area (Å²) in [6.07, 6.45) is 5.84. The van der Waals surface area contributed by atoms with E-state index in [1.807, 2.05) is 72.8 Å². The molecule has 1 N–H and O–H groups in total. The third-order valence-corrected chi connectivity index (χ3v) is 5.67. The number of likely N-dealkylation sites (tertiary alicyclic amines) is 1. The molecule has 0 saturated carbocycles. The number of carbonyl (C=O) groups is 1. The number of aliphatic hydroxyl groups is 1. The largest absolute Gasteiger partial charge is 0.394 e. The molecule has 1 aliphatic rings. The second kappa shape index (κ2) is 9.38. The van der Waals surface area contributed by atoms with E-state index in [1.54, 1.807) is 18.3 Å². The van der Waals surface area contributed by atoms with E-state index in [9.17, 15) is 15.2 Å². The number of benzene rings is 2. The van der Waals surface area contributed by atoms with Crippen molar-refractivity contribution in [3.05, 3.63) is 101 Å². The van der Waals surface area contributed by atoms with Gasteiger partial charge in [0.15, 0.2) is 0 Å². The minimum absolute atomic E-state index is 0.117. The van der Waals surface area contributed by atoms with Gasteiger partial charge in [0.25, 0.3) is 0 Å². The van der Waals surface area contributed by atoms with E-state index in [2.05, 4.69) is 11.1 Å². The Morgan fingerprint density at radius 3 is 2.29 bits per heavy atom. The molecule has 0 spiro atoms. The number of hydrogen-bond acceptors (Lipinski definition) is 4. The van der Waals surface area contributed by atoms with E-state index in [1.165, 1.54) is 4.90 Å². The van der Waals surface area contributed by atoms with Crippen LogP contribution in [0.3, 0.4) is 0 Å². The molecule has 3 aromatic rings. The first-order chi connectivity index (χ1) is 15.2. The van der Waals surface area contributed by atoms with Crippen molar-refractivity contribution in [1.29, 1.82) is 5.26 Å². The van der Waals surface area contributed by atoms with Gasteiger partial charge in [0.05, 0.1) is 25.1 Å². The van der Waals surface area contributed by atoms with E-state index in [0.717, 1.165) is 16.7 Å². The van der Waals surface area contributed by atoms with E-state index in [0.29, 0.717) is 5.69 Å². The number of carbonyl (C=O) groups excluding carboxylic acids is 1. The molecule has 0 unspecified atom stereocenters. The van der Waals surface area contributed by atoms with Crippen LogP contribution in [0.1, 0.15) is 28.3 Å². The predicted molar refractivity (Wildman–Crippen MR) is 120 cm³/mol. The lowest BCUT2D eigenvalue weighted by atomic mass is 9.75. The fourth-order valence-electron chi connectivity index (χ4n) is 4.08. The molecule has 154 valence electrons. The first-order valence-electron chi connectivity index (χ1n) is 10.3. The molecule has 0 bridgehead atoms. The molecule has 0 radical (unpaired) electrons. The molecule has 0 aliphatic carbocycles. The summed E-state index contributed by atoms with van der Waals surface area (Å²) in [5.74, 6) is -0.405. The Balaban J connectivity index is 1.48. The van der Waals surface area contributed by atoms with Crippen molar-refractivity contribution >= 4 is 18.1 Å². The molecule has 1 amide bonds. The van der Waals surface area contributed by atoms with Crippen molar-refractivity contribution in [2.45, 2.75) is 24.4 Å². The Morgan fingerprint density at radius 2 is 1.68 bits per heavy atom. The third-order valence-electron chi connectivity index (χ3n) is 5.67. The molecule has 2 aromatic carbocycles. The molecule has 2 heterocycles. The van der Waals surface area contributed by atoms with Crippen molar-refractivity contribution in [3.63, 3.8) is 0 Å². The molecule has 4 rings (SSSR count). The highest BCUT2D eigenvalue weighted by molar-refractivity contribution is 5.81. The van der Waals surface area contributed by atoms with Crippen molar-refractivity contribution in [2.24, 2.45) is 0 Å². The van der Waals surface area contributed by atoms with Crippen LogP contribution in [-0.2, 0) is 11.2 Å². The number of nitrogens with zero attached hydrogens (tertiary/aromatic N) is 3. The quantitative estimate of drug-likeness (QED) is 0.630. The Bertz CT molecular complexity index is 1090. The van der Waals surface area contributed by atoms with Gasteiger partial charge in [-0.1, -0.05) is 72.8 Å². The molecule has 5 heteroatoms. The first kappa shape index (κ1) is 20.5. The number of hydrogen-bond donors (Lipinski definition) is 1. The average molecular weight is 409 g/mol. The number of rotatable bonds is 6. The van der Waals surface area contributed by atoms with Crippen LogP contribution >= 0.6 is 0 Å². The minimum atomic E-state index is -0.598. The second-order valence-electron chi connectivity index (χ2n) is 7.56. The fourth-order valence-corrected chi connectivity index (χ4v) is 4.08. The summed E-state index contributed by atoms with van der Waals surface area (Å²) in [5, 5.41) is 19.7. The van der Waals surface area contributed by atoms with E-state index < -0.39 is 12.1 Å². The minimum Gasteiger partial charge on any atom is -0.394 e. The molecule has 31 heavy (non-hydrogen) atoms. The normalized spacial score (nSPS) is 20.3. The number of aromatic nitrogens is 1. The highest BCUT2D eigenvalue weighted by Gasteiger charge is 2.51. The summed E-state index contributed by atoms with van der Waals surface area (Å²) < 4.78 is 0. The number of pyridine rings is 1. The zero-order valence-corrected chi connectivity index (χ0v) is 17.0. The van der Waals surface area contributed by atoms with Crippen LogP contribution in [0.5, 0.6) is 0 Å². The molecule has 1 aliphatic heterocycles. The van der Waals surface area contributed by atoms with Gasteiger partial charge in [-0.3, -0.25) is 9.78 Å². The fraction of sp³-hybridized carbons (Fsp3) is 0.192. The second-order valence-corrected chi connectivity index (χ2v) is 7.56. The molecule has 1 fully saturated rings. The highest BCUT2D eigenvalue weighted by atomic mass is 16.3. The van der Waals surface area contributed by atoms with Crippen LogP contribution in [0.15, 0.2) is 79.0 Å². The van der Waals surface area contributed by atoms with Gasteiger partial charge in [0.1, 0.15) is 6.04 Å². The van der Waals surface area contributed by atoms with Gasteiger partial charge < -0.3 is 10.0 Å². The SMILES string of the molecule is N#C[C@H]1[C@@H](c2ccc(/C=C/c3ccccc3)cc2)[C@@H](CO)N1C(=O)Cc1ccccn1. The Hall–Kier alpha value is -3.75. The molecular formula is C26H23N3O2. The molecule has 3 atom stereocenters. The third kappa shape index (κ3) is 4.40. The number of nitriles is 1. The van der Waals surface area contributed by atoms with Gasteiger partial charge in [0.2, 0.25) is 5.91 Å². The van der Waals surface area contributed by atoms with Gasteiger partial charge in [-0.25, -0.2) is 0 Å². The Morgan fingerprint density at radius 1 is 1.00 bits per heavy atom. The highest BCUT2D eigenvalue weighted by Crippen LogP contribution is 2.40. The van der Waals surface area contributed by atoms with Crippen molar-refractivity contribution in [2.75, 3.05) is 6.61 Å². The lowest BCUT2D eigenvalue weighted by Gasteiger charge is -2.51. The zero-order chi connectivity index (χ0) is 21.6. The maximum atomic E-state index is 12.8. The average Bonchev–Trinajstić information content (AvgIpc) is 2.80. The summed E-state index contributed by atoms with van der Waals surface area (Å²) in [6, 6.07) is 24.6. The van der Waals surface area contributed by atoms with Gasteiger partial charge in [-0.05, 0) is 28.8 Å². The smallest absolute Gasteiger partial charge is 0.230 e. The zero-order valence-electron chi connectivity index (χ0n) is 17.0. The summed E-state index contributed by atoms with van der Waals surface area (Å²) >= 11 is 0. The standard InChI is InChI=1S/C26H23N3O2/c27-17-23-26(24(18-30)29(23)25(31)16-22-8-4-5-15-28-22)21-13-11-20(12-14-21)10-9-19-6-2-1-3-7-19/h1-15,23-24,26,30H,16,18H2/b10-9+/t23-,24+,26+/m0/s1. The van der Waals surface area contributed by atoms with Gasteiger partial charge in [-0.15, -0.1) is 0 Å². The lowest BCUT2D eigenvalue weighted by molar-refractivity contribution is -0.146. The van der Waals surface area contributed by atoms with E-state index in [-0.39, 0.29) is 24.9 Å². The lowest BCUT2D eigenvalue weighted by Crippen LogP contribution is -2.65. The number of aliphatic hydroxyl groups excluding tert-OH is 1. The predicted octanol–water partition coefficient (Wildman–Crippen LogP) is 3.67. The van der Waals surface area contributed by atoms with Crippen molar-refractivity contribution in [1.82, 2.24) is 9.88 Å². The maximum absolute atomic E-state index is 12.8.